The molecule has 0 aliphatic heterocycles. The minimum Gasteiger partial charge on any atom is -1.00 e. The molecular formula is C14H17Cl3N3OS-. The van der Waals surface area contributed by atoms with Gasteiger partial charge in [-0.25, -0.2) is 0 Å². The van der Waals surface area contributed by atoms with E-state index in [1.54, 1.807) is 12.1 Å². The molecule has 1 atom stereocenters. The predicted molar refractivity (Wildman–Crippen MR) is 86.7 cm³/mol. The Labute approximate surface area is 150 Å². The normalized spacial score (nSPS) is 12.3. The third kappa shape index (κ3) is 5.32. The van der Waals surface area contributed by atoms with Crippen molar-refractivity contribution in [3.8, 4) is 0 Å². The Morgan fingerprint density at radius 1 is 1.23 bits per heavy atom. The molecule has 0 amide bonds. The summed E-state index contributed by atoms with van der Waals surface area (Å²) in [4.78, 5) is 0. The van der Waals surface area contributed by atoms with Gasteiger partial charge in [0, 0.05) is 15.8 Å². The summed E-state index contributed by atoms with van der Waals surface area (Å²) in [7, 11) is 0. The van der Waals surface area contributed by atoms with Crippen molar-refractivity contribution >= 4 is 35.0 Å². The molecule has 0 saturated carbocycles. The van der Waals surface area contributed by atoms with Crippen molar-refractivity contribution < 1.29 is 16.8 Å². The van der Waals surface area contributed by atoms with Gasteiger partial charge < -0.3 is 22.6 Å². The summed E-state index contributed by atoms with van der Waals surface area (Å²) in [5.41, 5.74) is 6.88. The maximum atomic E-state index is 6.12. The molecule has 8 heteroatoms. The first kappa shape index (κ1) is 19.6. The fraction of sp³-hybridized carbons (Fsp3) is 0.429. The average Bonchev–Trinajstić information content (AvgIpc) is 2.86. The Hall–Kier alpha value is -0.460. The third-order valence-corrected chi connectivity index (χ3v) is 4.42. The SMILES string of the molecule is CC(C)C[C@H](N)c1nnc(SCc2c(Cl)cccc2Cl)o1.[Cl-]. The lowest BCUT2D eigenvalue weighted by molar-refractivity contribution is -0.00000502. The first-order valence-electron chi connectivity index (χ1n) is 6.62. The molecule has 4 nitrogen and oxygen atoms in total. The summed E-state index contributed by atoms with van der Waals surface area (Å²) < 4.78 is 5.58. The van der Waals surface area contributed by atoms with Gasteiger partial charge in [-0.2, -0.15) is 0 Å². The minimum absolute atomic E-state index is 0. The molecule has 0 aliphatic carbocycles. The first-order valence-corrected chi connectivity index (χ1v) is 8.36. The van der Waals surface area contributed by atoms with Crippen LogP contribution in [0.15, 0.2) is 27.8 Å². The van der Waals surface area contributed by atoms with Crippen molar-refractivity contribution in [1.82, 2.24) is 10.2 Å². The molecular weight excluding hydrogens is 365 g/mol. The van der Waals surface area contributed by atoms with Crippen LogP contribution in [0, 0.1) is 5.92 Å². The monoisotopic (exact) mass is 380 g/mol. The van der Waals surface area contributed by atoms with E-state index in [0.29, 0.717) is 32.8 Å². The molecule has 0 aliphatic rings. The molecule has 0 spiro atoms. The number of thioether (sulfide) groups is 1. The molecule has 0 fully saturated rings. The summed E-state index contributed by atoms with van der Waals surface area (Å²) in [6.45, 7) is 4.20. The Balaban J connectivity index is 0.00000242. The molecule has 2 aromatic rings. The number of rotatable bonds is 6. The maximum Gasteiger partial charge on any atom is 0.276 e. The van der Waals surface area contributed by atoms with E-state index in [1.807, 2.05) is 6.07 Å². The highest BCUT2D eigenvalue weighted by molar-refractivity contribution is 7.98. The van der Waals surface area contributed by atoms with Gasteiger partial charge in [-0.1, -0.05) is 54.9 Å². The van der Waals surface area contributed by atoms with E-state index < -0.39 is 0 Å². The van der Waals surface area contributed by atoms with E-state index in [-0.39, 0.29) is 18.4 Å². The fourth-order valence-corrected chi connectivity index (χ4v) is 3.35. The Bertz CT molecular complexity index is 587. The third-order valence-electron chi connectivity index (χ3n) is 2.87. The van der Waals surface area contributed by atoms with Crippen LogP contribution in [0.3, 0.4) is 0 Å². The summed E-state index contributed by atoms with van der Waals surface area (Å²) in [6, 6.07) is 5.20. The molecule has 2 rings (SSSR count). The van der Waals surface area contributed by atoms with Crippen LogP contribution in [0.25, 0.3) is 0 Å². The van der Waals surface area contributed by atoms with Crippen molar-refractivity contribution in [2.24, 2.45) is 11.7 Å². The molecule has 0 saturated heterocycles. The number of aromatic nitrogens is 2. The van der Waals surface area contributed by atoms with Crippen molar-refractivity contribution in [3.05, 3.63) is 39.7 Å². The standard InChI is InChI=1S/C14H17Cl2N3OS.ClH/c1-8(2)6-12(17)13-18-19-14(20-13)21-7-9-10(15)4-3-5-11(9)16;/h3-5,8,12H,6-7,17H2,1-2H3;1H/p-1/t12-;/m0./s1. The van der Waals surface area contributed by atoms with E-state index in [9.17, 15) is 0 Å². The minimum atomic E-state index is -0.226. The van der Waals surface area contributed by atoms with Crippen molar-refractivity contribution in [3.63, 3.8) is 0 Å². The van der Waals surface area contributed by atoms with Crippen molar-refractivity contribution in [1.29, 1.82) is 0 Å². The van der Waals surface area contributed by atoms with Gasteiger partial charge in [-0.05, 0) is 30.0 Å². The Kier molecular flexibility index (Phi) is 8.00. The molecule has 1 aromatic heterocycles. The highest BCUT2D eigenvalue weighted by Gasteiger charge is 2.16. The highest BCUT2D eigenvalue weighted by atomic mass is 35.5. The summed E-state index contributed by atoms with van der Waals surface area (Å²) in [6.07, 6.45) is 0.808. The number of halogens is 3. The molecule has 1 aromatic carbocycles. The molecule has 0 unspecified atom stereocenters. The smallest absolute Gasteiger partial charge is 0.276 e. The zero-order valence-corrected chi connectivity index (χ0v) is 15.3. The van der Waals surface area contributed by atoms with E-state index in [1.165, 1.54) is 11.8 Å². The van der Waals surface area contributed by atoms with E-state index in [2.05, 4.69) is 24.0 Å². The Morgan fingerprint density at radius 3 is 2.45 bits per heavy atom. The van der Waals surface area contributed by atoms with Gasteiger partial charge in [-0.15, -0.1) is 10.2 Å². The number of nitrogens with two attached hydrogens (primary N) is 1. The highest BCUT2D eigenvalue weighted by Crippen LogP contribution is 2.31. The average molecular weight is 382 g/mol. The summed E-state index contributed by atoms with van der Waals surface area (Å²) in [5, 5.41) is 9.73. The molecule has 2 N–H and O–H groups in total. The zero-order chi connectivity index (χ0) is 15.4. The van der Waals surface area contributed by atoms with Gasteiger partial charge in [0.2, 0.25) is 5.89 Å². The second-order valence-electron chi connectivity index (χ2n) is 5.13. The van der Waals surface area contributed by atoms with Crippen LogP contribution in [-0.2, 0) is 5.75 Å². The zero-order valence-electron chi connectivity index (χ0n) is 12.2. The van der Waals surface area contributed by atoms with Crippen LogP contribution in [0.2, 0.25) is 10.0 Å². The maximum absolute atomic E-state index is 6.12. The van der Waals surface area contributed by atoms with Crippen LogP contribution in [0.5, 0.6) is 0 Å². The van der Waals surface area contributed by atoms with Gasteiger partial charge in [0.25, 0.3) is 5.22 Å². The van der Waals surface area contributed by atoms with Crippen molar-refractivity contribution in [2.75, 3.05) is 0 Å². The van der Waals surface area contributed by atoms with Gasteiger partial charge in [0.1, 0.15) is 0 Å². The number of benzene rings is 1. The summed E-state index contributed by atoms with van der Waals surface area (Å²) >= 11 is 13.6. The number of nitrogens with zero attached hydrogens (tertiary/aromatic N) is 2. The van der Waals surface area contributed by atoms with E-state index >= 15 is 0 Å². The second kappa shape index (κ2) is 8.99. The number of hydrogen-bond acceptors (Lipinski definition) is 5. The van der Waals surface area contributed by atoms with Gasteiger partial charge >= 0.3 is 0 Å². The van der Waals surface area contributed by atoms with E-state index in [0.717, 1.165) is 12.0 Å². The lowest BCUT2D eigenvalue weighted by atomic mass is 10.1. The topological polar surface area (TPSA) is 64.9 Å². The fourth-order valence-electron chi connectivity index (χ4n) is 1.84. The van der Waals surface area contributed by atoms with Crippen LogP contribution < -0.4 is 18.1 Å². The van der Waals surface area contributed by atoms with Gasteiger partial charge in [0.15, 0.2) is 0 Å². The van der Waals surface area contributed by atoms with Gasteiger partial charge in [-0.3, -0.25) is 0 Å². The summed E-state index contributed by atoms with van der Waals surface area (Å²) in [5.74, 6) is 1.51. The first-order chi connectivity index (χ1) is 9.97. The van der Waals surface area contributed by atoms with Crippen LogP contribution in [0.1, 0.15) is 37.8 Å². The van der Waals surface area contributed by atoms with Gasteiger partial charge in [0.05, 0.1) is 6.04 Å². The molecule has 22 heavy (non-hydrogen) atoms. The predicted octanol–water partition coefficient (Wildman–Crippen LogP) is 1.72. The second-order valence-corrected chi connectivity index (χ2v) is 6.87. The quantitative estimate of drug-likeness (QED) is 0.772. The lowest BCUT2D eigenvalue weighted by Crippen LogP contribution is -3.00. The van der Waals surface area contributed by atoms with Crippen molar-refractivity contribution in [2.45, 2.75) is 37.3 Å². The molecule has 0 radical (unpaired) electrons. The molecule has 0 bridgehead atoms. The van der Waals surface area contributed by atoms with Crippen LogP contribution in [0.4, 0.5) is 0 Å². The van der Waals surface area contributed by atoms with E-state index in [4.69, 9.17) is 33.4 Å². The lowest BCUT2D eigenvalue weighted by Gasteiger charge is -2.08. The van der Waals surface area contributed by atoms with Crippen LogP contribution >= 0.6 is 35.0 Å². The largest absolute Gasteiger partial charge is 1.00 e. The Morgan fingerprint density at radius 2 is 1.86 bits per heavy atom. The van der Waals surface area contributed by atoms with Crippen LogP contribution in [-0.4, -0.2) is 10.2 Å². The molecule has 1 heterocycles. The molecule has 122 valence electrons. The number of hydrogen-bond donors (Lipinski definition) is 1.